The lowest BCUT2D eigenvalue weighted by atomic mass is 10.1. The highest BCUT2D eigenvalue weighted by Crippen LogP contribution is 2.28. The van der Waals surface area contributed by atoms with E-state index in [2.05, 4.69) is 20.7 Å². The highest BCUT2D eigenvalue weighted by Gasteiger charge is 2.16. The van der Waals surface area contributed by atoms with Crippen LogP contribution in [0, 0.1) is 0 Å². The third kappa shape index (κ3) is 3.97. The SMILES string of the molecule is CC(N)c1ccc(S(=O)(=O)Nc2ccc(Br)cc2Cl)cc1. The second-order valence-corrected chi connectivity index (χ2v) is 7.59. The normalized spacial score (nSPS) is 13.0. The molecule has 1 atom stereocenters. The standard InChI is InChI=1S/C14H14BrClN2O2S/c1-9(17)10-2-5-12(6-3-10)21(19,20)18-14-7-4-11(15)8-13(14)16/h2-9,18H,17H2,1H3. The van der Waals surface area contributed by atoms with E-state index in [0.29, 0.717) is 10.7 Å². The Morgan fingerprint density at radius 2 is 1.81 bits per heavy atom. The molecule has 0 saturated carbocycles. The van der Waals surface area contributed by atoms with E-state index in [4.69, 9.17) is 17.3 Å². The van der Waals surface area contributed by atoms with Gasteiger partial charge in [0.1, 0.15) is 0 Å². The average molecular weight is 390 g/mol. The zero-order chi connectivity index (χ0) is 15.6. The lowest BCUT2D eigenvalue weighted by Crippen LogP contribution is -2.13. The van der Waals surface area contributed by atoms with E-state index in [1.165, 1.54) is 12.1 Å². The maximum atomic E-state index is 12.3. The number of nitrogens with two attached hydrogens (primary N) is 1. The van der Waals surface area contributed by atoms with Crippen LogP contribution >= 0.6 is 27.5 Å². The number of benzene rings is 2. The summed E-state index contributed by atoms with van der Waals surface area (Å²) in [5, 5.41) is 0.320. The fourth-order valence-electron chi connectivity index (χ4n) is 1.73. The van der Waals surface area contributed by atoms with Gasteiger partial charge in [-0.3, -0.25) is 4.72 Å². The molecule has 2 rings (SSSR count). The van der Waals surface area contributed by atoms with E-state index in [1.54, 1.807) is 30.3 Å². The van der Waals surface area contributed by atoms with Crippen LogP contribution in [0.2, 0.25) is 5.02 Å². The molecular weight excluding hydrogens is 376 g/mol. The summed E-state index contributed by atoms with van der Waals surface area (Å²) in [6.45, 7) is 1.84. The summed E-state index contributed by atoms with van der Waals surface area (Å²) >= 11 is 9.29. The Bertz CT molecular complexity index is 746. The predicted molar refractivity (Wildman–Crippen MR) is 89.0 cm³/mol. The molecule has 0 bridgehead atoms. The van der Waals surface area contributed by atoms with Gasteiger partial charge in [-0.2, -0.15) is 0 Å². The molecule has 0 spiro atoms. The Morgan fingerprint density at radius 1 is 1.19 bits per heavy atom. The van der Waals surface area contributed by atoms with Crippen molar-refractivity contribution in [2.24, 2.45) is 5.73 Å². The van der Waals surface area contributed by atoms with Crippen LogP contribution in [0.15, 0.2) is 51.8 Å². The summed E-state index contributed by atoms with van der Waals surface area (Å²) in [6.07, 6.45) is 0. The van der Waals surface area contributed by atoms with Gasteiger partial charge in [0.2, 0.25) is 0 Å². The molecule has 0 heterocycles. The van der Waals surface area contributed by atoms with E-state index in [1.807, 2.05) is 6.92 Å². The summed E-state index contributed by atoms with van der Waals surface area (Å²) < 4.78 is 27.9. The topological polar surface area (TPSA) is 72.2 Å². The molecule has 0 aliphatic carbocycles. The molecule has 112 valence electrons. The van der Waals surface area contributed by atoms with Crippen LogP contribution in [0.3, 0.4) is 0 Å². The third-order valence-corrected chi connectivity index (χ3v) is 5.08. The molecule has 0 saturated heterocycles. The number of nitrogens with one attached hydrogen (secondary N) is 1. The van der Waals surface area contributed by atoms with E-state index in [-0.39, 0.29) is 10.9 Å². The number of hydrogen-bond acceptors (Lipinski definition) is 3. The molecule has 2 aromatic rings. The minimum atomic E-state index is -3.68. The van der Waals surface area contributed by atoms with E-state index in [0.717, 1.165) is 10.0 Å². The van der Waals surface area contributed by atoms with Crippen molar-refractivity contribution in [2.75, 3.05) is 4.72 Å². The summed E-state index contributed by atoms with van der Waals surface area (Å²) in [5.41, 5.74) is 6.94. The van der Waals surface area contributed by atoms with Crippen LogP contribution in [0.5, 0.6) is 0 Å². The van der Waals surface area contributed by atoms with Crippen molar-refractivity contribution in [2.45, 2.75) is 17.9 Å². The quantitative estimate of drug-likeness (QED) is 0.832. The summed E-state index contributed by atoms with van der Waals surface area (Å²) in [6, 6.07) is 11.2. The average Bonchev–Trinajstić information content (AvgIpc) is 2.42. The van der Waals surface area contributed by atoms with Crippen LogP contribution in [0.25, 0.3) is 0 Å². The molecule has 4 nitrogen and oxygen atoms in total. The minimum absolute atomic E-state index is 0.143. The maximum Gasteiger partial charge on any atom is 0.261 e. The first-order valence-electron chi connectivity index (χ1n) is 6.13. The van der Waals surface area contributed by atoms with Gasteiger partial charge in [0, 0.05) is 10.5 Å². The van der Waals surface area contributed by atoms with Crippen LogP contribution < -0.4 is 10.5 Å². The monoisotopic (exact) mass is 388 g/mol. The van der Waals surface area contributed by atoms with Crippen molar-refractivity contribution in [3.8, 4) is 0 Å². The predicted octanol–water partition coefficient (Wildman–Crippen LogP) is 3.92. The van der Waals surface area contributed by atoms with Gasteiger partial charge >= 0.3 is 0 Å². The van der Waals surface area contributed by atoms with Gasteiger partial charge < -0.3 is 5.73 Å². The number of halogens is 2. The Balaban J connectivity index is 2.29. The van der Waals surface area contributed by atoms with Gasteiger partial charge in [-0.1, -0.05) is 39.7 Å². The summed E-state index contributed by atoms with van der Waals surface area (Å²) in [5.74, 6) is 0. The fraction of sp³-hybridized carbons (Fsp3) is 0.143. The molecule has 0 radical (unpaired) electrons. The van der Waals surface area contributed by atoms with Crippen molar-refractivity contribution < 1.29 is 8.42 Å². The molecule has 2 aromatic carbocycles. The smallest absolute Gasteiger partial charge is 0.261 e. The zero-order valence-electron chi connectivity index (χ0n) is 11.2. The molecule has 0 amide bonds. The largest absolute Gasteiger partial charge is 0.324 e. The van der Waals surface area contributed by atoms with Crippen LogP contribution in [-0.2, 0) is 10.0 Å². The van der Waals surface area contributed by atoms with Gasteiger partial charge in [0.25, 0.3) is 10.0 Å². The highest BCUT2D eigenvalue weighted by molar-refractivity contribution is 9.10. The first-order valence-corrected chi connectivity index (χ1v) is 8.78. The van der Waals surface area contributed by atoms with Gasteiger partial charge in [0.05, 0.1) is 15.6 Å². The van der Waals surface area contributed by atoms with Gasteiger partial charge in [0.15, 0.2) is 0 Å². The third-order valence-electron chi connectivity index (χ3n) is 2.89. The Morgan fingerprint density at radius 3 is 2.33 bits per heavy atom. The lowest BCUT2D eigenvalue weighted by Gasteiger charge is -2.11. The molecule has 7 heteroatoms. The van der Waals surface area contributed by atoms with Crippen molar-refractivity contribution in [3.05, 3.63) is 57.5 Å². The Labute approximate surface area is 137 Å². The van der Waals surface area contributed by atoms with Gasteiger partial charge in [-0.25, -0.2) is 8.42 Å². The Hall–Kier alpha value is -1.08. The molecule has 0 aromatic heterocycles. The molecule has 0 aliphatic heterocycles. The van der Waals surface area contributed by atoms with Crippen molar-refractivity contribution >= 4 is 43.2 Å². The van der Waals surface area contributed by atoms with E-state index in [9.17, 15) is 8.42 Å². The molecule has 1 unspecified atom stereocenters. The van der Waals surface area contributed by atoms with Crippen molar-refractivity contribution in [1.82, 2.24) is 0 Å². The van der Waals surface area contributed by atoms with E-state index >= 15 is 0 Å². The Kier molecular flexibility index (Phi) is 4.93. The van der Waals surface area contributed by atoms with Gasteiger partial charge in [-0.15, -0.1) is 0 Å². The molecule has 21 heavy (non-hydrogen) atoms. The highest BCUT2D eigenvalue weighted by atomic mass is 79.9. The molecule has 3 N–H and O–H groups in total. The van der Waals surface area contributed by atoms with Gasteiger partial charge in [-0.05, 0) is 42.8 Å². The molecule has 0 fully saturated rings. The van der Waals surface area contributed by atoms with Crippen molar-refractivity contribution in [1.29, 1.82) is 0 Å². The number of hydrogen-bond donors (Lipinski definition) is 2. The maximum absolute atomic E-state index is 12.3. The fourth-order valence-corrected chi connectivity index (χ4v) is 3.58. The molecular formula is C14H14BrClN2O2S. The number of sulfonamides is 1. The second kappa shape index (κ2) is 6.36. The molecule has 0 aliphatic rings. The minimum Gasteiger partial charge on any atom is -0.324 e. The summed E-state index contributed by atoms with van der Waals surface area (Å²) in [4.78, 5) is 0.158. The van der Waals surface area contributed by atoms with E-state index < -0.39 is 10.0 Å². The van der Waals surface area contributed by atoms with Crippen LogP contribution in [0.1, 0.15) is 18.5 Å². The van der Waals surface area contributed by atoms with Crippen LogP contribution in [-0.4, -0.2) is 8.42 Å². The number of rotatable bonds is 4. The first kappa shape index (κ1) is 16.3. The van der Waals surface area contributed by atoms with Crippen LogP contribution in [0.4, 0.5) is 5.69 Å². The zero-order valence-corrected chi connectivity index (χ0v) is 14.3. The van der Waals surface area contributed by atoms with Crippen molar-refractivity contribution in [3.63, 3.8) is 0 Å². The summed E-state index contributed by atoms with van der Waals surface area (Å²) in [7, 11) is -3.68. The lowest BCUT2D eigenvalue weighted by molar-refractivity contribution is 0.601. The second-order valence-electron chi connectivity index (χ2n) is 4.59. The number of anilines is 1. The first-order chi connectivity index (χ1) is 9.79.